The molecule has 3 rings (SSSR count). The molecule has 3 aromatic rings. The van der Waals surface area contributed by atoms with E-state index < -0.39 is 11.7 Å². The SMILES string of the molecule is Cc1cccc(CNc2c(C(N)=O)oc3ccc(F)cc23)c1. The van der Waals surface area contributed by atoms with Crippen molar-refractivity contribution in [1.82, 2.24) is 0 Å². The van der Waals surface area contributed by atoms with Crippen LogP contribution in [-0.2, 0) is 6.54 Å². The minimum atomic E-state index is -0.691. The molecule has 0 aliphatic rings. The van der Waals surface area contributed by atoms with Crippen molar-refractivity contribution in [3.05, 3.63) is 65.2 Å². The fourth-order valence-electron chi connectivity index (χ4n) is 2.43. The minimum absolute atomic E-state index is 0.00764. The summed E-state index contributed by atoms with van der Waals surface area (Å²) in [5.74, 6) is -1.08. The third kappa shape index (κ3) is 2.65. The molecule has 0 aliphatic carbocycles. The number of halogens is 1. The topological polar surface area (TPSA) is 68.3 Å². The number of carbonyl (C=O) groups excluding carboxylic acids is 1. The first kappa shape index (κ1) is 14.1. The summed E-state index contributed by atoms with van der Waals surface area (Å²) in [4.78, 5) is 11.5. The standard InChI is InChI=1S/C17H15FN2O2/c1-10-3-2-4-11(7-10)9-20-15-13-8-12(18)5-6-14(13)22-16(15)17(19)21/h2-8,20H,9H2,1H3,(H2,19,21). The van der Waals surface area contributed by atoms with E-state index in [1.807, 2.05) is 31.2 Å². The third-order valence-corrected chi connectivity index (χ3v) is 3.43. The highest BCUT2D eigenvalue weighted by Gasteiger charge is 2.18. The van der Waals surface area contributed by atoms with Gasteiger partial charge in [-0.3, -0.25) is 4.79 Å². The molecule has 112 valence electrons. The van der Waals surface area contributed by atoms with Crippen molar-refractivity contribution in [3.8, 4) is 0 Å². The third-order valence-electron chi connectivity index (χ3n) is 3.43. The molecule has 0 saturated carbocycles. The van der Waals surface area contributed by atoms with Gasteiger partial charge < -0.3 is 15.5 Å². The van der Waals surface area contributed by atoms with Crippen LogP contribution in [-0.4, -0.2) is 5.91 Å². The van der Waals surface area contributed by atoms with Crippen LogP contribution >= 0.6 is 0 Å². The molecule has 0 spiro atoms. The predicted molar refractivity (Wildman–Crippen MR) is 83.2 cm³/mol. The molecule has 1 aromatic heterocycles. The van der Waals surface area contributed by atoms with Gasteiger partial charge in [-0.15, -0.1) is 0 Å². The highest BCUT2D eigenvalue weighted by molar-refractivity contribution is 6.05. The van der Waals surface area contributed by atoms with Crippen molar-refractivity contribution in [2.75, 3.05) is 5.32 Å². The van der Waals surface area contributed by atoms with E-state index in [-0.39, 0.29) is 5.76 Å². The van der Waals surface area contributed by atoms with Gasteiger partial charge in [-0.1, -0.05) is 29.8 Å². The molecule has 0 bridgehead atoms. The monoisotopic (exact) mass is 298 g/mol. The molecule has 0 atom stereocenters. The molecule has 22 heavy (non-hydrogen) atoms. The molecule has 0 aliphatic heterocycles. The van der Waals surface area contributed by atoms with Crippen LogP contribution in [0.3, 0.4) is 0 Å². The number of furan rings is 1. The zero-order chi connectivity index (χ0) is 15.7. The van der Waals surface area contributed by atoms with Crippen LogP contribution in [0.1, 0.15) is 21.7 Å². The zero-order valence-electron chi connectivity index (χ0n) is 12.0. The highest BCUT2D eigenvalue weighted by Crippen LogP contribution is 2.31. The molecule has 0 unspecified atom stereocenters. The fourth-order valence-corrected chi connectivity index (χ4v) is 2.43. The summed E-state index contributed by atoms with van der Waals surface area (Å²) in [5, 5.41) is 3.63. The lowest BCUT2D eigenvalue weighted by atomic mass is 10.1. The van der Waals surface area contributed by atoms with Crippen LogP contribution in [0.5, 0.6) is 0 Å². The van der Waals surface area contributed by atoms with Gasteiger partial charge in [-0.25, -0.2) is 4.39 Å². The molecule has 3 N–H and O–H groups in total. The maximum absolute atomic E-state index is 13.5. The van der Waals surface area contributed by atoms with Crippen molar-refractivity contribution in [1.29, 1.82) is 0 Å². The Morgan fingerprint density at radius 3 is 2.82 bits per heavy atom. The van der Waals surface area contributed by atoms with Gasteiger partial charge >= 0.3 is 0 Å². The molecular formula is C17H15FN2O2. The number of rotatable bonds is 4. The number of amides is 1. The minimum Gasteiger partial charge on any atom is -0.449 e. The number of hydrogen-bond donors (Lipinski definition) is 2. The van der Waals surface area contributed by atoms with Crippen LogP contribution in [0.15, 0.2) is 46.9 Å². The molecule has 0 fully saturated rings. The van der Waals surface area contributed by atoms with Gasteiger partial charge in [0.05, 0.1) is 5.69 Å². The summed E-state index contributed by atoms with van der Waals surface area (Å²) in [5.41, 5.74) is 8.36. The second-order valence-electron chi connectivity index (χ2n) is 5.15. The Kier molecular flexibility index (Phi) is 3.55. The van der Waals surface area contributed by atoms with Gasteiger partial charge in [0.15, 0.2) is 0 Å². The highest BCUT2D eigenvalue weighted by atomic mass is 19.1. The summed E-state index contributed by atoms with van der Waals surface area (Å²) in [6.07, 6.45) is 0. The second kappa shape index (κ2) is 5.52. The van der Waals surface area contributed by atoms with E-state index in [0.717, 1.165) is 11.1 Å². The number of nitrogens with two attached hydrogens (primary N) is 1. The average molecular weight is 298 g/mol. The molecule has 1 amide bonds. The van der Waals surface area contributed by atoms with Crippen molar-refractivity contribution < 1.29 is 13.6 Å². The number of benzene rings is 2. The maximum atomic E-state index is 13.5. The average Bonchev–Trinajstić information content (AvgIpc) is 2.83. The van der Waals surface area contributed by atoms with Gasteiger partial charge in [-0.05, 0) is 30.7 Å². The lowest BCUT2D eigenvalue weighted by Crippen LogP contribution is -2.12. The fraction of sp³-hybridized carbons (Fsp3) is 0.118. The molecule has 4 nitrogen and oxygen atoms in total. The molecule has 0 saturated heterocycles. The van der Waals surface area contributed by atoms with Crippen molar-refractivity contribution in [2.45, 2.75) is 13.5 Å². The summed E-state index contributed by atoms with van der Waals surface area (Å²) in [6, 6.07) is 12.0. The number of aryl methyl sites for hydroxylation is 1. The van der Waals surface area contributed by atoms with Gasteiger partial charge in [0.2, 0.25) is 5.76 Å². The Balaban J connectivity index is 1.99. The van der Waals surface area contributed by atoms with Crippen LogP contribution in [0, 0.1) is 12.7 Å². The van der Waals surface area contributed by atoms with Crippen molar-refractivity contribution in [3.63, 3.8) is 0 Å². The molecule has 5 heteroatoms. The van der Waals surface area contributed by atoms with Gasteiger partial charge in [-0.2, -0.15) is 0 Å². The normalized spacial score (nSPS) is 10.8. The second-order valence-corrected chi connectivity index (χ2v) is 5.15. The maximum Gasteiger partial charge on any atom is 0.286 e. The largest absolute Gasteiger partial charge is 0.449 e. The lowest BCUT2D eigenvalue weighted by molar-refractivity contribution is 0.0977. The molecule has 0 radical (unpaired) electrons. The van der Waals surface area contributed by atoms with E-state index >= 15 is 0 Å². The Hall–Kier alpha value is -2.82. The smallest absolute Gasteiger partial charge is 0.286 e. The summed E-state index contributed by atoms with van der Waals surface area (Å²) < 4.78 is 18.9. The van der Waals surface area contributed by atoms with E-state index in [1.165, 1.54) is 18.2 Å². The number of nitrogens with one attached hydrogen (secondary N) is 1. The number of hydrogen-bond acceptors (Lipinski definition) is 3. The number of anilines is 1. The van der Waals surface area contributed by atoms with Crippen LogP contribution in [0.4, 0.5) is 10.1 Å². The quantitative estimate of drug-likeness (QED) is 0.773. The van der Waals surface area contributed by atoms with E-state index in [1.54, 1.807) is 0 Å². The Morgan fingerprint density at radius 2 is 2.09 bits per heavy atom. The Labute approximate surface area is 126 Å². The molecular weight excluding hydrogens is 283 g/mol. The predicted octanol–water partition coefficient (Wildman–Crippen LogP) is 3.59. The van der Waals surface area contributed by atoms with E-state index in [2.05, 4.69) is 5.32 Å². The number of primary amides is 1. The number of fused-ring (bicyclic) bond motifs is 1. The first-order valence-corrected chi connectivity index (χ1v) is 6.86. The van der Waals surface area contributed by atoms with Crippen LogP contribution in [0.25, 0.3) is 11.0 Å². The van der Waals surface area contributed by atoms with Crippen LogP contribution < -0.4 is 11.1 Å². The first-order chi connectivity index (χ1) is 10.5. The first-order valence-electron chi connectivity index (χ1n) is 6.86. The van der Waals surface area contributed by atoms with E-state index in [4.69, 9.17) is 10.2 Å². The summed E-state index contributed by atoms with van der Waals surface area (Å²) in [6.45, 7) is 2.48. The number of carbonyl (C=O) groups is 1. The van der Waals surface area contributed by atoms with E-state index in [0.29, 0.717) is 23.2 Å². The van der Waals surface area contributed by atoms with Gasteiger partial charge in [0.25, 0.3) is 5.91 Å². The summed E-state index contributed by atoms with van der Waals surface area (Å²) >= 11 is 0. The van der Waals surface area contributed by atoms with Crippen molar-refractivity contribution in [2.24, 2.45) is 5.73 Å². The van der Waals surface area contributed by atoms with Crippen molar-refractivity contribution >= 4 is 22.6 Å². The van der Waals surface area contributed by atoms with E-state index in [9.17, 15) is 9.18 Å². The molecule has 2 aromatic carbocycles. The Morgan fingerprint density at radius 1 is 1.27 bits per heavy atom. The summed E-state index contributed by atoms with van der Waals surface area (Å²) in [7, 11) is 0. The lowest BCUT2D eigenvalue weighted by Gasteiger charge is -2.07. The van der Waals surface area contributed by atoms with Gasteiger partial charge in [0.1, 0.15) is 11.4 Å². The zero-order valence-corrected chi connectivity index (χ0v) is 12.0. The van der Waals surface area contributed by atoms with Gasteiger partial charge in [0, 0.05) is 11.9 Å². The Bertz CT molecular complexity index is 855. The molecule has 1 heterocycles. The van der Waals surface area contributed by atoms with Crippen LogP contribution in [0.2, 0.25) is 0 Å².